The Morgan fingerprint density at radius 1 is 1.37 bits per heavy atom. The zero-order valence-electron chi connectivity index (χ0n) is 12.7. The molecule has 1 saturated carbocycles. The highest BCUT2D eigenvalue weighted by molar-refractivity contribution is 5.66. The molecule has 0 aromatic heterocycles. The molecule has 0 spiro atoms. The summed E-state index contributed by atoms with van der Waals surface area (Å²) in [5, 5.41) is 0. The average molecular weight is 262 g/mol. The lowest BCUT2D eigenvalue weighted by atomic mass is 9.48. The van der Waals surface area contributed by atoms with Crippen LogP contribution in [-0.2, 0) is 9.53 Å². The molecule has 2 aliphatic carbocycles. The van der Waals surface area contributed by atoms with Gasteiger partial charge in [-0.15, -0.1) is 0 Å². The van der Waals surface area contributed by atoms with Crippen LogP contribution >= 0.6 is 0 Å². The fraction of sp³-hybridized carbons (Fsp3) is 0.706. The first-order valence-electron chi connectivity index (χ1n) is 7.30. The molecule has 0 aliphatic heterocycles. The Balaban J connectivity index is 2.26. The van der Waals surface area contributed by atoms with Gasteiger partial charge >= 0.3 is 5.97 Å². The van der Waals surface area contributed by atoms with E-state index in [2.05, 4.69) is 39.5 Å². The number of hydrogen-bond acceptors (Lipinski definition) is 2. The van der Waals surface area contributed by atoms with E-state index < -0.39 is 0 Å². The van der Waals surface area contributed by atoms with Gasteiger partial charge in [0.25, 0.3) is 0 Å². The van der Waals surface area contributed by atoms with Crippen LogP contribution in [0.25, 0.3) is 0 Å². The predicted molar refractivity (Wildman–Crippen MR) is 77.7 cm³/mol. The van der Waals surface area contributed by atoms with Gasteiger partial charge in [-0.25, -0.2) is 0 Å². The molecule has 0 aromatic rings. The molecule has 19 heavy (non-hydrogen) atoms. The molecule has 2 aliphatic rings. The van der Waals surface area contributed by atoms with Crippen molar-refractivity contribution in [2.45, 2.75) is 59.5 Å². The van der Waals surface area contributed by atoms with Crippen molar-refractivity contribution in [1.82, 2.24) is 0 Å². The van der Waals surface area contributed by atoms with Gasteiger partial charge in [0.05, 0.1) is 0 Å². The molecule has 0 aromatic carbocycles. The molecular weight excluding hydrogens is 236 g/mol. The first-order chi connectivity index (χ1) is 8.76. The van der Waals surface area contributed by atoms with E-state index in [4.69, 9.17) is 4.74 Å². The van der Waals surface area contributed by atoms with E-state index in [9.17, 15) is 4.79 Å². The smallest absolute Gasteiger partial charge is 0.303 e. The number of carbonyl (C=O) groups excluding carboxylic acids is 1. The third kappa shape index (κ3) is 2.50. The lowest BCUT2D eigenvalue weighted by molar-refractivity contribution is -0.144. The van der Waals surface area contributed by atoms with Crippen LogP contribution in [0.1, 0.15) is 53.4 Å². The number of fused-ring (bicyclic) bond motifs is 1. The third-order valence-electron chi connectivity index (χ3n) is 5.48. The predicted octanol–water partition coefficient (Wildman–Crippen LogP) is 4.27. The van der Waals surface area contributed by atoms with E-state index in [0.29, 0.717) is 11.3 Å². The van der Waals surface area contributed by atoms with Gasteiger partial charge in [0.1, 0.15) is 6.10 Å². The summed E-state index contributed by atoms with van der Waals surface area (Å²) in [6.45, 7) is 12.7. The topological polar surface area (TPSA) is 26.3 Å². The normalized spacial score (nSPS) is 39.1. The van der Waals surface area contributed by atoms with Crippen LogP contribution in [0.15, 0.2) is 24.3 Å². The van der Waals surface area contributed by atoms with Crippen molar-refractivity contribution in [3.05, 3.63) is 24.3 Å². The van der Waals surface area contributed by atoms with Gasteiger partial charge in [0.2, 0.25) is 0 Å². The molecule has 0 heterocycles. The minimum absolute atomic E-state index is 0.102. The number of esters is 1. The zero-order chi connectivity index (χ0) is 14.3. The second kappa shape index (κ2) is 4.81. The van der Waals surface area contributed by atoms with Crippen LogP contribution in [0.3, 0.4) is 0 Å². The Morgan fingerprint density at radius 2 is 2.05 bits per heavy atom. The summed E-state index contributed by atoms with van der Waals surface area (Å²) in [6.07, 6.45) is 8.56. The first kappa shape index (κ1) is 14.4. The zero-order valence-corrected chi connectivity index (χ0v) is 12.7. The summed E-state index contributed by atoms with van der Waals surface area (Å²) < 4.78 is 5.38. The van der Waals surface area contributed by atoms with E-state index in [0.717, 1.165) is 12.8 Å². The van der Waals surface area contributed by atoms with Gasteiger partial charge in [-0.05, 0) is 48.5 Å². The Kier molecular flexibility index (Phi) is 3.63. The lowest BCUT2D eigenvalue weighted by Gasteiger charge is -2.56. The summed E-state index contributed by atoms with van der Waals surface area (Å²) in [5.41, 5.74) is 1.75. The van der Waals surface area contributed by atoms with Crippen LogP contribution < -0.4 is 0 Å². The Morgan fingerprint density at radius 3 is 2.58 bits per heavy atom. The van der Waals surface area contributed by atoms with E-state index in [1.807, 2.05) is 0 Å². The van der Waals surface area contributed by atoms with Crippen molar-refractivity contribution in [3.8, 4) is 0 Å². The summed E-state index contributed by atoms with van der Waals surface area (Å²) in [4.78, 5) is 11.2. The van der Waals surface area contributed by atoms with E-state index in [-0.39, 0.29) is 17.5 Å². The molecule has 0 N–H and O–H groups in total. The van der Waals surface area contributed by atoms with Crippen molar-refractivity contribution >= 4 is 5.97 Å². The number of rotatable bonds is 1. The van der Waals surface area contributed by atoms with E-state index in [1.54, 1.807) is 0 Å². The van der Waals surface area contributed by atoms with Gasteiger partial charge in [0, 0.05) is 6.92 Å². The molecule has 0 amide bonds. The van der Waals surface area contributed by atoms with Crippen molar-refractivity contribution in [3.63, 3.8) is 0 Å². The van der Waals surface area contributed by atoms with E-state index in [1.165, 1.54) is 25.3 Å². The molecule has 2 nitrogen and oxygen atoms in total. The van der Waals surface area contributed by atoms with Crippen molar-refractivity contribution in [2.75, 3.05) is 0 Å². The van der Waals surface area contributed by atoms with Crippen molar-refractivity contribution in [2.24, 2.45) is 16.7 Å². The quantitative estimate of drug-likeness (QED) is 0.521. The van der Waals surface area contributed by atoms with Gasteiger partial charge in [-0.3, -0.25) is 4.79 Å². The third-order valence-corrected chi connectivity index (χ3v) is 5.48. The number of carbonyl (C=O) groups is 1. The molecule has 3 atom stereocenters. The van der Waals surface area contributed by atoms with Crippen LogP contribution in [-0.4, -0.2) is 12.1 Å². The standard InChI is InChI=1S/C17H26O2/c1-12-6-7-14(19-13(2)18)8-10-16(3,4)17(5)11-9-15(12)17/h8,10,14-15H,1,6-7,9,11H2,2-5H3/b10-8-. The second-order valence-corrected chi connectivity index (χ2v) is 6.93. The van der Waals surface area contributed by atoms with Crippen LogP contribution in [0.4, 0.5) is 0 Å². The molecule has 106 valence electrons. The van der Waals surface area contributed by atoms with Crippen molar-refractivity contribution in [1.29, 1.82) is 0 Å². The number of ether oxygens (including phenoxy) is 1. The summed E-state index contributed by atoms with van der Waals surface area (Å²) in [5.74, 6) is 0.412. The van der Waals surface area contributed by atoms with E-state index >= 15 is 0 Å². The minimum atomic E-state index is -0.202. The monoisotopic (exact) mass is 262 g/mol. The fourth-order valence-corrected chi connectivity index (χ4v) is 3.60. The van der Waals surface area contributed by atoms with Gasteiger partial charge < -0.3 is 4.74 Å². The molecule has 0 radical (unpaired) electrons. The van der Waals surface area contributed by atoms with Gasteiger partial charge in [-0.2, -0.15) is 0 Å². The van der Waals surface area contributed by atoms with Crippen LogP contribution in [0.2, 0.25) is 0 Å². The molecule has 2 heteroatoms. The van der Waals surface area contributed by atoms with Gasteiger partial charge in [0.15, 0.2) is 0 Å². The molecular formula is C17H26O2. The number of hydrogen-bond donors (Lipinski definition) is 0. The SMILES string of the molecule is C=C1CCC(OC(C)=O)/C=C\C(C)(C)C2(C)CCC12. The first-order valence-corrected chi connectivity index (χ1v) is 7.30. The maximum atomic E-state index is 11.2. The molecule has 0 saturated heterocycles. The molecule has 0 bridgehead atoms. The highest BCUT2D eigenvalue weighted by Gasteiger charge is 2.52. The Labute approximate surface area is 116 Å². The Hall–Kier alpha value is -1.05. The summed E-state index contributed by atoms with van der Waals surface area (Å²) in [7, 11) is 0. The molecule has 2 rings (SSSR count). The molecule has 3 unspecified atom stereocenters. The van der Waals surface area contributed by atoms with Gasteiger partial charge in [-0.1, -0.05) is 39.0 Å². The maximum absolute atomic E-state index is 11.2. The van der Waals surface area contributed by atoms with Crippen LogP contribution in [0.5, 0.6) is 0 Å². The number of allylic oxidation sites excluding steroid dienone is 2. The highest BCUT2D eigenvalue weighted by atomic mass is 16.5. The average Bonchev–Trinajstić information content (AvgIpc) is 2.30. The second-order valence-electron chi connectivity index (χ2n) is 6.93. The Bertz CT molecular complexity index is 419. The lowest BCUT2D eigenvalue weighted by Crippen LogP contribution is -2.48. The summed E-state index contributed by atoms with van der Waals surface area (Å²) in [6, 6.07) is 0. The van der Waals surface area contributed by atoms with Crippen LogP contribution in [0, 0.1) is 16.7 Å². The van der Waals surface area contributed by atoms with Crippen molar-refractivity contribution < 1.29 is 9.53 Å². The fourth-order valence-electron chi connectivity index (χ4n) is 3.60. The minimum Gasteiger partial charge on any atom is -0.458 e. The largest absolute Gasteiger partial charge is 0.458 e. The maximum Gasteiger partial charge on any atom is 0.303 e. The summed E-state index contributed by atoms with van der Waals surface area (Å²) >= 11 is 0. The molecule has 1 fully saturated rings. The highest BCUT2D eigenvalue weighted by Crippen LogP contribution is 2.61.